The second-order valence-corrected chi connectivity index (χ2v) is 6.77. The second kappa shape index (κ2) is 10.1. The molecular formula is C20H24ClN3O5. The van der Waals surface area contributed by atoms with E-state index in [2.05, 4.69) is 17.6 Å². The lowest BCUT2D eigenvalue weighted by Gasteiger charge is -2.30. The number of amides is 1. The molecule has 1 fully saturated rings. The summed E-state index contributed by atoms with van der Waals surface area (Å²) >= 11 is 0. The van der Waals surface area contributed by atoms with Gasteiger partial charge in [-0.1, -0.05) is 6.92 Å². The van der Waals surface area contributed by atoms with Crippen molar-refractivity contribution in [3.63, 3.8) is 0 Å². The zero-order chi connectivity index (χ0) is 20.1. The van der Waals surface area contributed by atoms with Gasteiger partial charge < -0.3 is 20.1 Å². The molecule has 2 aromatic carbocycles. The average Bonchev–Trinajstić information content (AvgIpc) is 2.70. The molecule has 2 N–H and O–H groups in total. The van der Waals surface area contributed by atoms with Crippen molar-refractivity contribution in [3.05, 3.63) is 58.1 Å². The molecule has 1 saturated heterocycles. The van der Waals surface area contributed by atoms with Crippen molar-refractivity contribution in [1.29, 1.82) is 0 Å². The van der Waals surface area contributed by atoms with Crippen LogP contribution in [0.15, 0.2) is 42.5 Å². The molecule has 2 aromatic rings. The Morgan fingerprint density at radius 1 is 1.21 bits per heavy atom. The summed E-state index contributed by atoms with van der Waals surface area (Å²) in [5.41, 5.74) is -0.0372. The zero-order valence-electron chi connectivity index (χ0n) is 16.2. The molecule has 0 bridgehead atoms. The van der Waals surface area contributed by atoms with Gasteiger partial charge in [0.2, 0.25) is 0 Å². The van der Waals surface area contributed by atoms with Crippen molar-refractivity contribution in [2.45, 2.75) is 19.4 Å². The zero-order valence-corrected chi connectivity index (χ0v) is 17.0. The summed E-state index contributed by atoms with van der Waals surface area (Å²) in [5, 5.41) is 17.4. The van der Waals surface area contributed by atoms with Gasteiger partial charge in [0.15, 0.2) is 0 Å². The number of nitro benzene ring substituents is 1. The summed E-state index contributed by atoms with van der Waals surface area (Å²) in [5.74, 6) is 1.34. The third-order valence-corrected chi connectivity index (χ3v) is 4.85. The van der Waals surface area contributed by atoms with Crippen molar-refractivity contribution >= 4 is 24.0 Å². The average molecular weight is 422 g/mol. The number of nitrogens with one attached hydrogen (secondary N) is 2. The van der Waals surface area contributed by atoms with E-state index in [0.717, 1.165) is 13.0 Å². The van der Waals surface area contributed by atoms with E-state index in [0.29, 0.717) is 24.0 Å². The van der Waals surface area contributed by atoms with Crippen molar-refractivity contribution in [3.8, 4) is 17.2 Å². The first kappa shape index (κ1) is 22.4. The molecule has 3 rings (SSSR count). The lowest BCUT2D eigenvalue weighted by Crippen LogP contribution is -2.50. The molecule has 2 atom stereocenters. The van der Waals surface area contributed by atoms with Gasteiger partial charge in [0, 0.05) is 24.7 Å². The molecule has 0 aromatic heterocycles. The van der Waals surface area contributed by atoms with Crippen LogP contribution in [0.1, 0.15) is 23.7 Å². The molecule has 2 unspecified atom stereocenters. The lowest BCUT2D eigenvalue weighted by atomic mass is 9.94. The molecule has 156 valence electrons. The normalized spacial score (nSPS) is 18.3. The van der Waals surface area contributed by atoms with Gasteiger partial charge in [-0.25, -0.2) is 0 Å². The first-order chi connectivity index (χ1) is 13.5. The summed E-state index contributed by atoms with van der Waals surface area (Å²) < 4.78 is 10.9. The molecule has 0 spiro atoms. The molecule has 1 aliphatic heterocycles. The highest BCUT2D eigenvalue weighted by molar-refractivity contribution is 5.98. The van der Waals surface area contributed by atoms with Gasteiger partial charge in [0.05, 0.1) is 17.6 Å². The van der Waals surface area contributed by atoms with Crippen LogP contribution in [0.3, 0.4) is 0 Å². The Morgan fingerprint density at radius 3 is 2.52 bits per heavy atom. The fourth-order valence-electron chi connectivity index (χ4n) is 3.10. The van der Waals surface area contributed by atoms with Crippen LogP contribution in [-0.2, 0) is 0 Å². The van der Waals surface area contributed by atoms with Crippen LogP contribution in [0.25, 0.3) is 0 Å². The summed E-state index contributed by atoms with van der Waals surface area (Å²) in [7, 11) is 1.57. The fourth-order valence-corrected chi connectivity index (χ4v) is 3.10. The quantitative estimate of drug-likeness (QED) is 0.546. The van der Waals surface area contributed by atoms with E-state index in [9.17, 15) is 14.9 Å². The number of carbonyl (C=O) groups is 1. The molecule has 1 amide bonds. The number of nitrogens with zero attached hydrogens (tertiary/aromatic N) is 1. The Hall–Kier alpha value is -2.84. The van der Waals surface area contributed by atoms with Gasteiger partial charge in [-0.15, -0.1) is 12.4 Å². The second-order valence-electron chi connectivity index (χ2n) is 6.77. The van der Waals surface area contributed by atoms with E-state index >= 15 is 0 Å². The lowest BCUT2D eigenvalue weighted by molar-refractivity contribution is -0.384. The maximum absolute atomic E-state index is 12.9. The summed E-state index contributed by atoms with van der Waals surface area (Å²) in [6.07, 6.45) is 0.953. The molecule has 1 aliphatic rings. The Kier molecular flexibility index (Phi) is 7.81. The van der Waals surface area contributed by atoms with Crippen LogP contribution in [0, 0.1) is 16.0 Å². The number of halogens is 1. The molecule has 9 heteroatoms. The minimum atomic E-state index is -0.529. The predicted molar refractivity (Wildman–Crippen MR) is 111 cm³/mol. The number of rotatable bonds is 6. The maximum Gasteiger partial charge on any atom is 0.270 e. The van der Waals surface area contributed by atoms with Gasteiger partial charge in [0.25, 0.3) is 11.6 Å². The number of ether oxygens (including phenoxy) is 2. The predicted octanol–water partition coefficient (Wildman–Crippen LogP) is 3.55. The Labute approximate surface area is 175 Å². The largest absolute Gasteiger partial charge is 0.497 e. The number of methoxy groups -OCH3 is 1. The smallest absolute Gasteiger partial charge is 0.270 e. The van der Waals surface area contributed by atoms with E-state index in [1.165, 1.54) is 18.2 Å². The standard InChI is InChI=1S/C20H23N3O5.ClH/c1-13-9-10-21-12-18(13)22-20(24)17-11-14(23(25)26)3-8-19(17)28-16-6-4-15(27-2)5-7-16;/h3-8,11,13,18,21H,9-10,12H2,1-2H3,(H,22,24);1H. The highest BCUT2D eigenvalue weighted by Gasteiger charge is 2.25. The van der Waals surface area contributed by atoms with Crippen molar-refractivity contribution < 1.29 is 19.2 Å². The summed E-state index contributed by atoms with van der Waals surface area (Å²) in [4.78, 5) is 23.5. The summed E-state index contributed by atoms with van der Waals surface area (Å²) in [6.45, 7) is 3.65. The van der Waals surface area contributed by atoms with Gasteiger partial charge in [0.1, 0.15) is 17.2 Å². The van der Waals surface area contributed by atoms with Crippen LogP contribution in [0.5, 0.6) is 17.2 Å². The number of benzene rings is 2. The topological polar surface area (TPSA) is 103 Å². The van der Waals surface area contributed by atoms with Crippen LogP contribution >= 0.6 is 12.4 Å². The number of nitro groups is 1. The highest BCUT2D eigenvalue weighted by atomic mass is 35.5. The molecule has 0 radical (unpaired) electrons. The number of piperidine rings is 1. The van der Waals surface area contributed by atoms with Crippen molar-refractivity contribution in [2.75, 3.05) is 20.2 Å². The monoisotopic (exact) mass is 421 g/mol. The van der Waals surface area contributed by atoms with Gasteiger partial charge in [-0.05, 0) is 49.2 Å². The van der Waals surface area contributed by atoms with Crippen molar-refractivity contribution in [2.24, 2.45) is 5.92 Å². The number of carbonyl (C=O) groups excluding carboxylic acids is 1. The van der Waals surface area contributed by atoms with Crippen LogP contribution in [0.4, 0.5) is 5.69 Å². The van der Waals surface area contributed by atoms with Gasteiger partial charge in [-0.2, -0.15) is 0 Å². The van der Waals surface area contributed by atoms with Crippen LogP contribution in [0.2, 0.25) is 0 Å². The molecule has 1 heterocycles. The van der Waals surface area contributed by atoms with E-state index < -0.39 is 10.8 Å². The molecule has 0 aliphatic carbocycles. The number of non-ortho nitro benzene ring substituents is 1. The molecule has 29 heavy (non-hydrogen) atoms. The minimum Gasteiger partial charge on any atom is -0.497 e. The summed E-state index contributed by atoms with van der Waals surface area (Å²) in [6, 6.07) is 10.8. The fraction of sp³-hybridized carbons (Fsp3) is 0.350. The third-order valence-electron chi connectivity index (χ3n) is 4.85. The minimum absolute atomic E-state index is 0. The SMILES string of the molecule is COc1ccc(Oc2ccc([N+](=O)[O-])cc2C(=O)NC2CNCCC2C)cc1.Cl. The molecule has 0 saturated carbocycles. The van der Waals surface area contributed by atoms with E-state index in [1.807, 2.05) is 0 Å². The molecule has 8 nitrogen and oxygen atoms in total. The maximum atomic E-state index is 12.9. The first-order valence-electron chi connectivity index (χ1n) is 9.10. The Morgan fingerprint density at radius 2 is 1.90 bits per heavy atom. The van der Waals surface area contributed by atoms with Crippen molar-refractivity contribution in [1.82, 2.24) is 10.6 Å². The van der Waals surface area contributed by atoms with Gasteiger partial charge in [-0.3, -0.25) is 14.9 Å². The van der Waals surface area contributed by atoms with E-state index in [4.69, 9.17) is 9.47 Å². The Balaban J connectivity index is 0.00000300. The first-order valence-corrected chi connectivity index (χ1v) is 9.10. The number of hydrogen-bond acceptors (Lipinski definition) is 6. The van der Waals surface area contributed by atoms with Crippen LogP contribution < -0.4 is 20.1 Å². The van der Waals surface area contributed by atoms with Crippen LogP contribution in [-0.4, -0.2) is 37.1 Å². The van der Waals surface area contributed by atoms with E-state index in [1.54, 1.807) is 31.4 Å². The molecular weight excluding hydrogens is 398 g/mol. The highest BCUT2D eigenvalue weighted by Crippen LogP contribution is 2.30. The van der Waals surface area contributed by atoms with Gasteiger partial charge >= 0.3 is 0 Å². The number of hydrogen-bond donors (Lipinski definition) is 2. The van der Waals surface area contributed by atoms with E-state index in [-0.39, 0.29) is 35.4 Å². The Bertz CT molecular complexity index is 860. The third kappa shape index (κ3) is 5.58.